The highest BCUT2D eigenvalue weighted by molar-refractivity contribution is 7.99. The number of aromatic nitrogens is 2. The van der Waals surface area contributed by atoms with Crippen LogP contribution in [-0.4, -0.2) is 28.5 Å². The molecular weight excluding hydrogens is 216 g/mol. The molecule has 0 N–H and O–H groups in total. The van der Waals surface area contributed by atoms with Crippen molar-refractivity contribution in [3.8, 4) is 11.8 Å². The highest BCUT2D eigenvalue weighted by atomic mass is 32.2. The van der Waals surface area contributed by atoms with Gasteiger partial charge in [0.25, 0.3) is 5.22 Å². The summed E-state index contributed by atoms with van der Waals surface area (Å²) < 4.78 is 9.74. The second-order valence-corrected chi connectivity index (χ2v) is 3.24. The zero-order valence-corrected chi connectivity index (χ0v) is 9.26. The van der Waals surface area contributed by atoms with Crippen molar-refractivity contribution < 1.29 is 13.9 Å². The summed E-state index contributed by atoms with van der Waals surface area (Å²) in [7, 11) is 0. The fourth-order valence-corrected chi connectivity index (χ4v) is 1.29. The number of rotatable bonds is 4. The Balaban J connectivity index is 2.54. The molecule has 0 aromatic carbocycles. The summed E-state index contributed by atoms with van der Waals surface area (Å²) in [6, 6.07) is 0. The van der Waals surface area contributed by atoms with Crippen LogP contribution in [0.5, 0.6) is 0 Å². The second kappa shape index (κ2) is 6.09. The van der Waals surface area contributed by atoms with Crippen LogP contribution in [0.4, 0.5) is 0 Å². The number of thioether (sulfide) groups is 1. The first-order valence-electron chi connectivity index (χ1n) is 4.31. The molecule has 0 aliphatic heterocycles. The summed E-state index contributed by atoms with van der Waals surface area (Å²) >= 11 is 1.28. The van der Waals surface area contributed by atoms with E-state index in [1.165, 1.54) is 11.8 Å². The van der Waals surface area contributed by atoms with Crippen molar-refractivity contribution in [1.82, 2.24) is 10.2 Å². The molecule has 0 unspecified atom stereocenters. The Morgan fingerprint density at radius 1 is 1.60 bits per heavy atom. The molecule has 1 heterocycles. The minimum absolute atomic E-state index is 0.121. The molecule has 0 spiro atoms. The minimum Gasteiger partial charge on any atom is -0.459 e. The van der Waals surface area contributed by atoms with Crippen LogP contribution in [0, 0.1) is 11.8 Å². The normalized spacial score (nSPS) is 9.20. The lowest BCUT2D eigenvalue weighted by molar-refractivity contribution is 0.0475. The Kier molecular flexibility index (Phi) is 4.71. The van der Waals surface area contributed by atoms with Gasteiger partial charge in [-0.2, -0.15) is 0 Å². The molecule has 6 heteroatoms. The van der Waals surface area contributed by atoms with E-state index in [2.05, 4.69) is 22.0 Å². The van der Waals surface area contributed by atoms with E-state index in [4.69, 9.17) is 9.15 Å². The molecule has 0 bridgehead atoms. The van der Waals surface area contributed by atoms with Gasteiger partial charge in [-0.25, -0.2) is 4.79 Å². The van der Waals surface area contributed by atoms with E-state index in [1.54, 1.807) is 13.8 Å². The lowest BCUT2D eigenvalue weighted by Gasteiger charge is -1.93. The lowest BCUT2D eigenvalue weighted by atomic mass is 10.7. The molecular formula is C9H10N2O3S. The maximum atomic E-state index is 11.1. The van der Waals surface area contributed by atoms with E-state index in [0.717, 1.165) is 0 Å². The predicted octanol–water partition coefficient (Wildman–Crippen LogP) is 1.36. The summed E-state index contributed by atoms with van der Waals surface area (Å²) in [5.41, 5.74) is 0. The molecule has 0 radical (unpaired) electrons. The Hall–Kier alpha value is -1.48. The summed E-state index contributed by atoms with van der Waals surface area (Å²) in [6.07, 6.45) is 0. The number of hydrogen-bond acceptors (Lipinski definition) is 6. The monoisotopic (exact) mass is 226 g/mol. The van der Waals surface area contributed by atoms with E-state index >= 15 is 0 Å². The zero-order chi connectivity index (χ0) is 11.1. The van der Waals surface area contributed by atoms with Gasteiger partial charge in [-0.05, 0) is 13.8 Å². The average Bonchev–Trinajstić information content (AvgIpc) is 2.67. The Labute approximate surface area is 91.6 Å². The highest BCUT2D eigenvalue weighted by Crippen LogP contribution is 2.15. The van der Waals surface area contributed by atoms with Gasteiger partial charge in [0, 0.05) is 0 Å². The molecule has 15 heavy (non-hydrogen) atoms. The minimum atomic E-state index is -0.599. The summed E-state index contributed by atoms with van der Waals surface area (Å²) in [6.45, 7) is 3.74. The molecule has 0 amide bonds. The van der Waals surface area contributed by atoms with Crippen LogP contribution in [-0.2, 0) is 4.74 Å². The van der Waals surface area contributed by atoms with E-state index in [-0.39, 0.29) is 12.5 Å². The lowest BCUT2D eigenvalue weighted by Crippen LogP contribution is -2.04. The predicted molar refractivity (Wildman–Crippen MR) is 54.4 cm³/mol. The molecule has 1 aromatic rings. The summed E-state index contributed by atoms with van der Waals surface area (Å²) in [4.78, 5) is 11.1. The van der Waals surface area contributed by atoms with Crippen molar-refractivity contribution in [3.63, 3.8) is 0 Å². The fourth-order valence-electron chi connectivity index (χ4n) is 0.713. The van der Waals surface area contributed by atoms with Gasteiger partial charge in [0.2, 0.25) is 0 Å². The number of carbonyl (C=O) groups is 1. The van der Waals surface area contributed by atoms with Crippen molar-refractivity contribution in [2.45, 2.75) is 19.1 Å². The number of ether oxygens (including phenoxy) is 1. The highest BCUT2D eigenvalue weighted by Gasteiger charge is 2.15. The van der Waals surface area contributed by atoms with Gasteiger partial charge < -0.3 is 9.15 Å². The van der Waals surface area contributed by atoms with Gasteiger partial charge in [-0.15, -0.1) is 11.0 Å². The van der Waals surface area contributed by atoms with Crippen LogP contribution in [0.2, 0.25) is 0 Å². The van der Waals surface area contributed by atoms with E-state index in [1.807, 2.05) is 0 Å². The largest absolute Gasteiger partial charge is 0.459 e. The van der Waals surface area contributed by atoms with Crippen LogP contribution in [0.15, 0.2) is 9.64 Å². The number of carbonyl (C=O) groups excluding carboxylic acids is 1. The van der Waals surface area contributed by atoms with Crippen LogP contribution in [0.1, 0.15) is 24.5 Å². The first-order chi connectivity index (χ1) is 7.27. The van der Waals surface area contributed by atoms with E-state index < -0.39 is 5.97 Å². The number of nitrogens with zero attached hydrogens (tertiary/aromatic N) is 2. The van der Waals surface area contributed by atoms with Gasteiger partial charge in [0.05, 0.1) is 12.4 Å². The third kappa shape index (κ3) is 3.64. The SMILES string of the molecule is CC#CCSc1nnc(C(=O)OCC)o1. The molecule has 0 aliphatic carbocycles. The Morgan fingerprint density at radius 3 is 3.07 bits per heavy atom. The van der Waals surface area contributed by atoms with Gasteiger partial charge in [-0.3, -0.25) is 0 Å². The molecule has 1 rings (SSSR count). The van der Waals surface area contributed by atoms with Crippen molar-refractivity contribution in [2.75, 3.05) is 12.4 Å². The smallest absolute Gasteiger partial charge is 0.396 e. The van der Waals surface area contributed by atoms with Crippen molar-refractivity contribution in [3.05, 3.63) is 5.89 Å². The molecule has 0 saturated carbocycles. The second-order valence-electron chi connectivity index (χ2n) is 2.31. The quantitative estimate of drug-likeness (QED) is 0.439. The maximum Gasteiger partial charge on any atom is 0.396 e. The first kappa shape index (κ1) is 11.6. The Morgan fingerprint density at radius 2 is 2.40 bits per heavy atom. The summed E-state index contributed by atoms with van der Waals surface area (Å²) in [5.74, 6) is 5.40. The van der Waals surface area contributed by atoms with E-state index in [0.29, 0.717) is 11.0 Å². The standard InChI is InChI=1S/C9H10N2O3S/c1-3-5-6-15-9-11-10-7(14-9)8(12)13-4-2/h4,6H2,1-2H3. The summed E-state index contributed by atoms with van der Waals surface area (Å²) in [5, 5.41) is 7.54. The molecule has 0 fully saturated rings. The third-order valence-corrected chi connectivity index (χ3v) is 2.00. The van der Waals surface area contributed by atoms with Crippen LogP contribution >= 0.6 is 11.8 Å². The van der Waals surface area contributed by atoms with Gasteiger partial charge in [0.15, 0.2) is 0 Å². The first-order valence-corrected chi connectivity index (χ1v) is 5.29. The third-order valence-electron chi connectivity index (χ3n) is 1.30. The molecule has 80 valence electrons. The fraction of sp³-hybridized carbons (Fsp3) is 0.444. The molecule has 0 atom stereocenters. The van der Waals surface area contributed by atoms with E-state index in [9.17, 15) is 4.79 Å². The molecule has 5 nitrogen and oxygen atoms in total. The Bertz CT molecular complexity index is 392. The van der Waals surface area contributed by atoms with Crippen molar-refractivity contribution in [2.24, 2.45) is 0 Å². The number of esters is 1. The van der Waals surface area contributed by atoms with Gasteiger partial charge >= 0.3 is 11.9 Å². The molecule has 1 aromatic heterocycles. The molecule has 0 saturated heterocycles. The van der Waals surface area contributed by atoms with Crippen LogP contribution in [0.3, 0.4) is 0 Å². The van der Waals surface area contributed by atoms with Crippen LogP contribution < -0.4 is 0 Å². The maximum absolute atomic E-state index is 11.1. The zero-order valence-electron chi connectivity index (χ0n) is 8.44. The topological polar surface area (TPSA) is 65.2 Å². The molecule has 0 aliphatic rings. The van der Waals surface area contributed by atoms with Crippen molar-refractivity contribution >= 4 is 17.7 Å². The number of hydrogen-bond donors (Lipinski definition) is 0. The van der Waals surface area contributed by atoms with Gasteiger partial charge in [-0.1, -0.05) is 22.8 Å². The average molecular weight is 226 g/mol. The van der Waals surface area contributed by atoms with Crippen molar-refractivity contribution in [1.29, 1.82) is 0 Å². The van der Waals surface area contributed by atoms with Gasteiger partial charge in [0.1, 0.15) is 0 Å². The van der Waals surface area contributed by atoms with Crippen LogP contribution in [0.25, 0.3) is 0 Å².